The van der Waals surface area contributed by atoms with E-state index < -0.39 is 0 Å². The normalized spacial score (nSPS) is 12.1. The number of rotatable bonds is 5. The zero-order chi connectivity index (χ0) is 39.5. The average molecular weight is 769 g/mol. The zero-order valence-electron chi connectivity index (χ0n) is 32.7. The summed E-state index contributed by atoms with van der Waals surface area (Å²) in [5.41, 5.74) is 12.7. The molecule has 0 N–H and O–H groups in total. The second-order valence-corrected chi connectivity index (χ2v) is 15.8. The first kappa shape index (κ1) is 33.0. The third-order valence-electron chi connectivity index (χ3n) is 12.6. The van der Waals surface area contributed by atoms with Gasteiger partial charge in [0.15, 0.2) is 0 Å². The quantitative estimate of drug-likeness (QED) is 0.171. The number of para-hydroxylation sites is 5. The minimum atomic E-state index is 0.825. The molecule has 0 fully saturated rings. The third-order valence-corrected chi connectivity index (χ3v) is 12.6. The molecule has 0 aliphatic carbocycles. The van der Waals surface area contributed by atoms with Crippen LogP contribution in [0.25, 0.3) is 104 Å². The summed E-state index contributed by atoms with van der Waals surface area (Å²) in [7, 11) is 2.15. The monoisotopic (exact) mass is 768 g/mol. The molecule has 13 aromatic rings. The Kier molecular flexibility index (Phi) is 6.87. The van der Waals surface area contributed by atoms with Crippen molar-refractivity contribution in [1.29, 1.82) is 0 Å². The van der Waals surface area contributed by atoms with Crippen molar-refractivity contribution >= 4 is 87.2 Å². The molecule has 13 rings (SSSR count). The van der Waals surface area contributed by atoms with E-state index in [9.17, 15) is 0 Å². The molecule has 0 aliphatic heterocycles. The molecule has 0 bridgehead atoms. The Labute approximate surface area is 344 Å². The van der Waals surface area contributed by atoms with Gasteiger partial charge in [-0.15, -0.1) is 0 Å². The first-order valence-electron chi connectivity index (χ1n) is 20.5. The highest BCUT2D eigenvalue weighted by Gasteiger charge is 2.21. The predicted molar refractivity (Wildman–Crippen MR) is 250 cm³/mol. The van der Waals surface area contributed by atoms with Crippen molar-refractivity contribution in [3.05, 3.63) is 200 Å². The number of benzene rings is 9. The van der Waals surface area contributed by atoms with Crippen LogP contribution in [0.4, 0.5) is 0 Å². The van der Waals surface area contributed by atoms with Crippen molar-refractivity contribution in [1.82, 2.24) is 18.3 Å². The van der Waals surface area contributed by atoms with Gasteiger partial charge in [-0.1, -0.05) is 103 Å². The van der Waals surface area contributed by atoms with Crippen LogP contribution < -0.4 is 4.74 Å². The van der Waals surface area contributed by atoms with E-state index in [2.05, 4.69) is 226 Å². The fourth-order valence-electron chi connectivity index (χ4n) is 10.1. The molecule has 282 valence electrons. The number of fused-ring (bicyclic) bond motifs is 12. The van der Waals surface area contributed by atoms with Crippen LogP contribution >= 0.6 is 0 Å². The smallest absolute Gasteiger partial charge is 0.137 e. The van der Waals surface area contributed by atoms with Crippen molar-refractivity contribution in [2.75, 3.05) is 0 Å². The number of ether oxygens (including phenoxy) is 1. The minimum Gasteiger partial charge on any atom is -0.456 e. The van der Waals surface area contributed by atoms with Gasteiger partial charge in [-0.25, -0.2) is 0 Å². The van der Waals surface area contributed by atoms with Crippen molar-refractivity contribution in [3.63, 3.8) is 0 Å². The number of hydrogen-bond donors (Lipinski definition) is 0. The lowest BCUT2D eigenvalue weighted by molar-refractivity contribution is 0.495. The molecule has 5 nitrogen and oxygen atoms in total. The first-order chi connectivity index (χ1) is 29.7. The molecule has 4 heterocycles. The van der Waals surface area contributed by atoms with Crippen LogP contribution in [0.15, 0.2) is 200 Å². The molecular weight excluding hydrogens is 733 g/mol. The van der Waals surface area contributed by atoms with E-state index in [1.54, 1.807) is 0 Å². The van der Waals surface area contributed by atoms with E-state index in [0.29, 0.717) is 0 Å². The van der Waals surface area contributed by atoms with E-state index in [4.69, 9.17) is 4.74 Å². The maximum Gasteiger partial charge on any atom is 0.137 e. The Morgan fingerprint density at radius 2 is 0.667 bits per heavy atom. The van der Waals surface area contributed by atoms with Gasteiger partial charge in [-0.2, -0.15) is 0 Å². The molecule has 0 saturated carbocycles. The van der Waals surface area contributed by atoms with Gasteiger partial charge in [0.05, 0.1) is 43.9 Å². The van der Waals surface area contributed by atoms with Gasteiger partial charge in [0, 0.05) is 67.5 Å². The van der Waals surface area contributed by atoms with Crippen LogP contribution in [0, 0.1) is 0 Å². The summed E-state index contributed by atoms with van der Waals surface area (Å²) >= 11 is 0. The highest BCUT2D eigenvalue weighted by atomic mass is 16.5. The van der Waals surface area contributed by atoms with Crippen molar-refractivity contribution in [3.8, 4) is 28.6 Å². The Morgan fingerprint density at radius 1 is 0.283 bits per heavy atom. The summed E-state index contributed by atoms with van der Waals surface area (Å²) in [6.45, 7) is 0. The molecule has 0 aliphatic rings. The largest absolute Gasteiger partial charge is 0.456 e. The molecule has 9 aromatic carbocycles. The van der Waals surface area contributed by atoms with Crippen molar-refractivity contribution in [2.24, 2.45) is 7.05 Å². The number of nitrogens with zero attached hydrogens (tertiary/aromatic N) is 4. The summed E-state index contributed by atoms with van der Waals surface area (Å²) < 4.78 is 16.6. The van der Waals surface area contributed by atoms with Crippen LogP contribution in [0.1, 0.15) is 0 Å². The summed E-state index contributed by atoms with van der Waals surface area (Å²) in [6.07, 6.45) is 0. The van der Waals surface area contributed by atoms with E-state index in [-0.39, 0.29) is 0 Å². The summed E-state index contributed by atoms with van der Waals surface area (Å²) in [5, 5.41) is 9.42. The molecule has 4 aromatic heterocycles. The third kappa shape index (κ3) is 4.57. The molecule has 0 radical (unpaired) electrons. The second-order valence-electron chi connectivity index (χ2n) is 15.8. The van der Waals surface area contributed by atoms with Crippen LogP contribution in [-0.2, 0) is 7.05 Å². The van der Waals surface area contributed by atoms with Crippen LogP contribution in [0.3, 0.4) is 0 Å². The van der Waals surface area contributed by atoms with Gasteiger partial charge in [0.1, 0.15) is 11.5 Å². The van der Waals surface area contributed by atoms with Gasteiger partial charge < -0.3 is 23.0 Å². The number of hydrogen-bond acceptors (Lipinski definition) is 1. The fraction of sp³-hybridized carbons (Fsp3) is 0.0182. The Bertz CT molecular complexity index is 3880. The number of aromatic nitrogens is 4. The maximum absolute atomic E-state index is 7.20. The Morgan fingerprint density at radius 3 is 1.25 bits per heavy atom. The van der Waals surface area contributed by atoms with E-state index in [0.717, 1.165) is 72.2 Å². The van der Waals surface area contributed by atoms with Crippen molar-refractivity contribution < 1.29 is 4.74 Å². The summed E-state index contributed by atoms with van der Waals surface area (Å²) in [4.78, 5) is 0. The molecule has 0 unspecified atom stereocenters. The first-order valence-corrected chi connectivity index (χ1v) is 20.5. The zero-order valence-corrected chi connectivity index (χ0v) is 32.7. The average Bonchev–Trinajstić information content (AvgIpc) is 4.02. The van der Waals surface area contributed by atoms with E-state index in [1.165, 1.54) is 43.6 Å². The van der Waals surface area contributed by atoms with Gasteiger partial charge in [-0.05, 0) is 97.1 Å². The lowest BCUT2D eigenvalue weighted by Gasteiger charge is -2.12. The highest BCUT2D eigenvalue weighted by molar-refractivity contribution is 6.16. The van der Waals surface area contributed by atoms with Crippen LogP contribution in [0.5, 0.6) is 11.5 Å². The predicted octanol–water partition coefficient (Wildman–Crippen LogP) is 14.4. The highest BCUT2D eigenvalue weighted by Crippen LogP contribution is 2.44. The number of aryl methyl sites for hydroxylation is 1. The molecule has 0 amide bonds. The van der Waals surface area contributed by atoms with Crippen LogP contribution in [-0.4, -0.2) is 18.3 Å². The van der Waals surface area contributed by atoms with E-state index in [1.807, 2.05) is 0 Å². The standard InChI is InChI=1S/C55H36N4O/c1-56-44-21-9-5-17-38(44)42-33-36(29-31-45(42)56)58-47-23-11-7-19-40(47)54-50(58)25-13-27-52(54)60-53-28-14-26-51-55(53)41-20-8-12-24-48(41)59(51)37-30-32-49-43(34-37)39-18-6-10-22-46(39)57(49)35-15-3-2-4-16-35/h2-34H,1H3. The Balaban J connectivity index is 0.996. The SMILES string of the molecule is Cn1c2ccccc2c2cc(-n3c4ccccc4c4c(Oc5cccc6c5c5ccccc5n6-c5ccc6c(c5)c5ccccc5n6-c5ccccc5)cccc43)ccc21. The second kappa shape index (κ2) is 12.5. The van der Waals surface area contributed by atoms with Gasteiger partial charge >= 0.3 is 0 Å². The fourth-order valence-corrected chi connectivity index (χ4v) is 10.1. The molecule has 0 atom stereocenters. The molecule has 5 heteroatoms. The molecular formula is C55H36N4O. The summed E-state index contributed by atoms with van der Waals surface area (Å²) in [6, 6.07) is 72.0. The minimum absolute atomic E-state index is 0.825. The lowest BCUT2D eigenvalue weighted by atomic mass is 10.1. The molecule has 60 heavy (non-hydrogen) atoms. The Hall–Kier alpha value is -8.02. The topological polar surface area (TPSA) is 28.9 Å². The molecule has 0 saturated heterocycles. The lowest BCUT2D eigenvalue weighted by Crippen LogP contribution is -1.95. The van der Waals surface area contributed by atoms with Crippen molar-refractivity contribution in [2.45, 2.75) is 0 Å². The van der Waals surface area contributed by atoms with Gasteiger partial charge in [-0.3, -0.25) is 0 Å². The van der Waals surface area contributed by atoms with Crippen LogP contribution in [0.2, 0.25) is 0 Å². The molecule has 0 spiro atoms. The van der Waals surface area contributed by atoms with Gasteiger partial charge in [0.25, 0.3) is 0 Å². The van der Waals surface area contributed by atoms with E-state index >= 15 is 0 Å². The maximum atomic E-state index is 7.20. The van der Waals surface area contributed by atoms with Gasteiger partial charge in [0.2, 0.25) is 0 Å². The summed E-state index contributed by atoms with van der Waals surface area (Å²) in [5.74, 6) is 1.65.